The predicted octanol–water partition coefficient (Wildman–Crippen LogP) is 3.33. The van der Waals surface area contributed by atoms with E-state index >= 15 is 0 Å². The van der Waals surface area contributed by atoms with Crippen LogP contribution in [0.25, 0.3) is 0 Å². The second-order valence-corrected chi connectivity index (χ2v) is 5.98. The maximum absolute atomic E-state index is 6.37. The summed E-state index contributed by atoms with van der Waals surface area (Å²) < 4.78 is 0. The molecule has 1 nitrogen and oxygen atoms in total. The van der Waals surface area contributed by atoms with Crippen LogP contribution in [0.4, 0.5) is 0 Å². The van der Waals surface area contributed by atoms with Crippen molar-refractivity contribution in [3.63, 3.8) is 0 Å². The molecule has 2 saturated carbocycles. The molecule has 1 heteroatoms. The van der Waals surface area contributed by atoms with Gasteiger partial charge in [0, 0.05) is 5.54 Å². The standard InChI is InChI=1S/C13H25N/c1-10(2)12-9-13(12,14)8-7-11-5-3-4-6-11/h10-12H,3-9,14H2,1-2H3. The van der Waals surface area contributed by atoms with E-state index in [0.717, 1.165) is 17.8 Å². The van der Waals surface area contributed by atoms with E-state index in [2.05, 4.69) is 13.8 Å². The maximum Gasteiger partial charge on any atom is 0.0189 e. The van der Waals surface area contributed by atoms with Crippen molar-refractivity contribution in [2.75, 3.05) is 0 Å². The molecule has 2 aliphatic carbocycles. The Labute approximate surface area is 88.4 Å². The van der Waals surface area contributed by atoms with Crippen LogP contribution in [0.2, 0.25) is 0 Å². The van der Waals surface area contributed by atoms with Crippen LogP contribution in [-0.4, -0.2) is 5.54 Å². The SMILES string of the molecule is CC(C)C1CC1(N)CCC1CCCC1. The molecule has 2 atom stereocenters. The van der Waals surface area contributed by atoms with Crippen LogP contribution in [0, 0.1) is 17.8 Å². The first kappa shape index (κ1) is 10.5. The average molecular weight is 195 g/mol. The zero-order chi connectivity index (χ0) is 10.2. The summed E-state index contributed by atoms with van der Waals surface area (Å²) in [6.07, 6.45) is 9.87. The minimum atomic E-state index is 0.247. The Morgan fingerprint density at radius 2 is 1.93 bits per heavy atom. The molecule has 2 rings (SSSR count). The third-order valence-electron chi connectivity index (χ3n) is 4.48. The fraction of sp³-hybridized carbons (Fsp3) is 1.00. The minimum absolute atomic E-state index is 0.247. The molecule has 2 aliphatic rings. The van der Waals surface area contributed by atoms with Crippen LogP contribution >= 0.6 is 0 Å². The van der Waals surface area contributed by atoms with Gasteiger partial charge in [-0.1, -0.05) is 39.5 Å². The third-order valence-corrected chi connectivity index (χ3v) is 4.48. The Morgan fingerprint density at radius 1 is 1.29 bits per heavy atom. The normalized spacial score (nSPS) is 38.1. The fourth-order valence-corrected chi connectivity index (χ4v) is 3.31. The van der Waals surface area contributed by atoms with Gasteiger partial charge in [0.25, 0.3) is 0 Å². The van der Waals surface area contributed by atoms with E-state index in [-0.39, 0.29) is 5.54 Å². The van der Waals surface area contributed by atoms with Gasteiger partial charge < -0.3 is 5.73 Å². The Kier molecular flexibility index (Phi) is 2.88. The molecule has 0 heterocycles. The van der Waals surface area contributed by atoms with Crippen molar-refractivity contribution < 1.29 is 0 Å². The van der Waals surface area contributed by atoms with Gasteiger partial charge in [0.1, 0.15) is 0 Å². The molecule has 2 unspecified atom stereocenters. The number of hydrogen-bond donors (Lipinski definition) is 1. The van der Waals surface area contributed by atoms with Crippen molar-refractivity contribution in [1.29, 1.82) is 0 Å². The zero-order valence-electron chi connectivity index (χ0n) is 9.76. The molecule has 0 saturated heterocycles. The fourth-order valence-electron chi connectivity index (χ4n) is 3.31. The Morgan fingerprint density at radius 3 is 2.43 bits per heavy atom. The lowest BCUT2D eigenvalue weighted by Crippen LogP contribution is -2.27. The van der Waals surface area contributed by atoms with E-state index in [1.807, 2.05) is 0 Å². The van der Waals surface area contributed by atoms with Crippen molar-refractivity contribution >= 4 is 0 Å². The largest absolute Gasteiger partial charge is 0.325 e. The van der Waals surface area contributed by atoms with E-state index in [1.54, 1.807) is 0 Å². The highest BCUT2D eigenvalue weighted by atomic mass is 14.9. The molecule has 2 fully saturated rings. The predicted molar refractivity (Wildman–Crippen MR) is 61.1 cm³/mol. The van der Waals surface area contributed by atoms with Gasteiger partial charge >= 0.3 is 0 Å². The summed E-state index contributed by atoms with van der Waals surface area (Å²) in [5.74, 6) is 2.64. The van der Waals surface area contributed by atoms with Crippen molar-refractivity contribution in [3.8, 4) is 0 Å². The van der Waals surface area contributed by atoms with Crippen LogP contribution < -0.4 is 5.73 Å². The summed E-state index contributed by atoms with van der Waals surface area (Å²) in [6, 6.07) is 0. The lowest BCUT2D eigenvalue weighted by molar-refractivity contribution is 0.398. The van der Waals surface area contributed by atoms with Crippen molar-refractivity contribution in [2.24, 2.45) is 23.5 Å². The lowest BCUT2D eigenvalue weighted by Gasteiger charge is -2.16. The molecule has 82 valence electrons. The second kappa shape index (κ2) is 3.84. The zero-order valence-corrected chi connectivity index (χ0v) is 9.76. The van der Waals surface area contributed by atoms with E-state index in [0.29, 0.717) is 0 Å². The number of hydrogen-bond acceptors (Lipinski definition) is 1. The summed E-state index contributed by atoms with van der Waals surface area (Å²) in [4.78, 5) is 0. The van der Waals surface area contributed by atoms with E-state index < -0.39 is 0 Å². The molecule has 0 aliphatic heterocycles. The highest BCUT2D eigenvalue weighted by Gasteiger charge is 2.51. The quantitative estimate of drug-likeness (QED) is 0.731. The van der Waals surface area contributed by atoms with E-state index in [1.165, 1.54) is 44.9 Å². The molecule has 0 bridgehead atoms. The Hall–Kier alpha value is -0.0400. The number of nitrogens with two attached hydrogens (primary N) is 1. The van der Waals surface area contributed by atoms with E-state index in [4.69, 9.17) is 5.73 Å². The van der Waals surface area contributed by atoms with Gasteiger partial charge in [-0.2, -0.15) is 0 Å². The first-order valence-corrected chi connectivity index (χ1v) is 6.41. The summed E-state index contributed by atoms with van der Waals surface area (Å²) >= 11 is 0. The van der Waals surface area contributed by atoms with Crippen LogP contribution in [0.1, 0.15) is 58.8 Å². The van der Waals surface area contributed by atoms with Gasteiger partial charge in [-0.25, -0.2) is 0 Å². The minimum Gasteiger partial charge on any atom is -0.325 e. The van der Waals surface area contributed by atoms with Gasteiger partial charge in [-0.05, 0) is 37.0 Å². The van der Waals surface area contributed by atoms with Crippen LogP contribution in [-0.2, 0) is 0 Å². The molecule has 0 aromatic heterocycles. The maximum atomic E-state index is 6.37. The van der Waals surface area contributed by atoms with Gasteiger partial charge in [0.2, 0.25) is 0 Å². The first-order chi connectivity index (χ1) is 6.62. The molecule has 0 spiro atoms. The molecule has 2 N–H and O–H groups in total. The van der Waals surface area contributed by atoms with Gasteiger partial charge in [-0.15, -0.1) is 0 Å². The average Bonchev–Trinajstić information content (AvgIpc) is 2.63. The van der Waals surface area contributed by atoms with Crippen LogP contribution in [0.15, 0.2) is 0 Å². The van der Waals surface area contributed by atoms with Crippen molar-refractivity contribution in [1.82, 2.24) is 0 Å². The summed E-state index contributed by atoms with van der Waals surface area (Å²) in [7, 11) is 0. The van der Waals surface area contributed by atoms with Crippen LogP contribution in [0.3, 0.4) is 0 Å². The molecule has 0 aromatic carbocycles. The smallest absolute Gasteiger partial charge is 0.0189 e. The monoisotopic (exact) mass is 195 g/mol. The summed E-state index contributed by atoms with van der Waals surface area (Å²) in [5, 5.41) is 0. The molecule has 0 aromatic rings. The second-order valence-electron chi connectivity index (χ2n) is 5.98. The van der Waals surface area contributed by atoms with Gasteiger partial charge in [0.15, 0.2) is 0 Å². The lowest BCUT2D eigenvalue weighted by atomic mass is 9.94. The Bertz CT molecular complexity index is 193. The third kappa shape index (κ3) is 2.13. The summed E-state index contributed by atoms with van der Waals surface area (Å²) in [6.45, 7) is 4.63. The van der Waals surface area contributed by atoms with Gasteiger partial charge in [-0.3, -0.25) is 0 Å². The molecule has 14 heavy (non-hydrogen) atoms. The molecular weight excluding hydrogens is 170 g/mol. The highest BCUT2D eigenvalue weighted by molar-refractivity contribution is 5.08. The van der Waals surface area contributed by atoms with Crippen LogP contribution in [0.5, 0.6) is 0 Å². The van der Waals surface area contributed by atoms with Crippen molar-refractivity contribution in [2.45, 2.75) is 64.3 Å². The Balaban J connectivity index is 1.71. The molecule has 0 radical (unpaired) electrons. The van der Waals surface area contributed by atoms with Crippen molar-refractivity contribution in [3.05, 3.63) is 0 Å². The summed E-state index contributed by atoms with van der Waals surface area (Å²) in [5.41, 5.74) is 6.62. The van der Waals surface area contributed by atoms with E-state index in [9.17, 15) is 0 Å². The molecule has 0 amide bonds. The highest BCUT2D eigenvalue weighted by Crippen LogP contribution is 2.50. The van der Waals surface area contributed by atoms with Gasteiger partial charge in [0.05, 0.1) is 0 Å². The first-order valence-electron chi connectivity index (χ1n) is 6.41. The number of rotatable bonds is 4. The molecular formula is C13H25N. The topological polar surface area (TPSA) is 26.0 Å².